The number of ether oxygens (including phenoxy) is 2. The van der Waals surface area contributed by atoms with Gasteiger partial charge in [0, 0.05) is 5.56 Å². The van der Waals surface area contributed by atoms with Crippen molar-refractivity contribution in [3.05, 3.63) is 76.9 Å². The van der Waals surface area contributed by atoms with E-state index in [9.17, 15) is 4.79 Å². The summed E-state index contributed by atoms with van der Waals surface area (Å²) in [5.41, 5.74) is 3.49. The van der Waals surface area contributed by atoms with E-state index < -0.39 is 0 Å². The monoisotopic (exact) mass is 292 g/mol. The molecule has 0 amide bonds. The first-order valence-electron chi connectivity index (χ1n) is 7.02. The Morgan fingerprint density at radius 2 is 1.86 bits per heavy atom. The normalized spacial score (nSPS) is 15.6. The van der Waals surface area contributed by atoms with Crippen LogP contribution in [0.25, 0.3) is 11.8 Å². The van der Waals surface area contributed by atoms with Gasteiger partial charge in [0.15, 0.2) is 0 Å². The molecule has 2 aromatic carbocycles. The molecule has 0 bridgehead atoms. The van der Waals surface area contributed by atoms with Crippen molar-refractivity contribution < 1.29 is 14.3 Å². The van der Waals surface area contributed by atoms with Crippen molar-refractivity contribution in [3.8, 4) is 5.75 Å². The number of benzene rings is 2. The molecule has 3 nitrogen and oxygen atoms in total. The van der Waals surface area contributed by atoms with Crippen LogP contribution in [0.15, 0.2) is 60.2 Å². The molecule has 0 aliphatic carbocycles. The molecule has 1 aliphatic heterocycles. The molecule has 0 fully saturated rings. The minimum Gasteiger partial charge on any atom is -0.497 e. The lowest BCUT2D eigenvalue weighted by Crippen LogP contribution is -1.97. The summed E-state index contributed by atoms with van der Waals surface area (Å²) in [5, 5.41) is 0. The largest absolute Gasteiger partial charge is 0.497 e. The average Bonchev–Trinajstić information content (AvgIpc) is 2.89. The molecule has 2 aromatic rings. The highest BCUT2D eigenvalue weighted by Crippen LogP contribution is 2.28. The van der Waals surface area contributed by atoms with Crippen molar-refractivity contribution in [2.45, 2.75) is 6.92 Å². The Hall–Kier alpha value is -2.81. The predicted molar refractivity (Wildman–Crippen MR) is 86.2 cm³/mol. The zero-order valence-corrected chi connectivity index (χ0v) is 12.5. The van der Waals surface area contributed by atoms with E-state index in [1.165, 1.54) is 5.56 Å². The molecule has 0 saturated heterocycles. The lowest BCUT2D eigenvalue weighted by Gasteiger charge is -2.01. The Balaban J connectivity index is 1.92. The second-order valence-corrected chi connectivity index (χ2v) is 5.14. The Morgan fingerprint density at radius 1 is 1.09 bits per heavy atom. The molecule has 22 heavy (non-hydrogen) atoms. The van der Waals surface area contributed by atoms with E-state index in [0.29, 0.717) is 11.3 Å². The van der Waals surface area contributed by atoms with Gasteiger partial charge in [0.2, 0.25) is 0 Å². The first-order chi connectivity index (χ1) is 10.7. The maximum absolute atomic E-state index is 12.0. The SMILES string of the molecule is COc1cccc(/C=C2\C=C(c3ccc(C)cc3)OC2=O)c1. The lowest BCUT2D eigenvalue weighted by molar-refractivity contribution is -0.130. The van der Waals surface area contributed by atoms with Crippen LogP contribution in [0.2, 0.25) is 0 Å². The number of carbonyl (C=O) groups is 1. The minimum absolute atomic E-state index is 0.335. The number of methoxy groups -OCH3 is 1. The summed E-state index contributed by atoms with van der Waals surface area (Å²) in [7, 11) is 1.62. The number of cyclic esters (lactones) is 1. The Bertz CT molecular complexity index is 768. The topological polar surface area (TPSA) is 35.5 Å². The van der Waals surface area contributed by atoms with Gasteiger partial charge in [-0.25, -0.2) is 4.79 Å². The van der Waals surface area contributed by atoms with E-state index in [0.717, 1.165) is 16.9 Å². The lowest BCUT2D eigenvalue weighted by atomic mass is 10.1. The van der Waals surface area contributed by atoms with Gasteiger partial charge in [-0.3, -0.25) is 0 Å². The van der Waals surface area contributed by atoms with Crippen molar-refractivity contribution in [1.29, 1.82) is 0 Å². The predicted octanol–water partition coefficient (Wildman–Crippen LogP) is 3.98. The second-order valence-electron chi connectivity index (χ2n) is 5.14. The van der Waals surface area contributed by atoms with Gasteiger partial charge in [-0.15, -0.1) is 0 Å². The van der Waals surface area contributed by atoms with E-state index >= 15 is 0 Å². The molecule has 0 saturated carbocycles. The van der Waals surface area contributed by atoms with E-state index in [1.807, 2.05) is 55.5 Å². The molecule has 110 valence electrons. The fourth-order valence-corrected chi connectivity index (χ4v) is 2.26. The highest BCUT2D eigenvalue weighted by molar-refractivity contribution is 6.05. The summed E-state index contributed by atoms with van der Waals surface area (Å²) in [6.45, 7) is 2.02. The molecule has 1 heterocycles. The van der Waals surface area contributed by atoms with Crippen LogP contribution in [0.5, 0.6) is 5.75 Å². The summed E-state index contributed by atoms with van der Waals surface area (Å²) < 4.78 is 10.5. The molecule has 0 atom stereocenters. The maximum atomic E-state index is 12.0. The van der Waals surface area contributed by atoms with Gasteiger partial charge in [-0.2, -0.15) is 0 Å². The zero-order chi connectivity index (χ0) is 15.5. The van der Waals surface area contributed by atoms with Crippen LogP contribution in [-0.4, -0.2) is 13.1 Å². The highest BCUT2D eigenvalue weighted by atomic mass is 16.5. The van der Waals surface area contributed by atoms with Crippen molar-refractivity contribution in [2.75, 3.05) is 7.11 Å². The molecule has 0 spiro atoms. The second kappa shape index (κ2) is 5.90. The molecule has 1 aliphatic rings. The van der Waals surface area contributed by atoms with Gasteiger partial charge in [0.1, 0.15) is 11.5 Å². The van der Waals surface area contributed by atoms with Gasteiger partial charge >= 0.3 is 5.97 Å². The molecule has 3 rings (SSSR count). The highest BCUT2D eigenvalue weighted by Gasteiger charge is 2.21. The van der Waals surface area contributed by atoms with Crippen LogP contribution in [0, 0.1) is 6.92 Å². The van der Waals surface area contributed by atoms with Crippen LogP contribution < -0.4 is 4.74 Å². The van der Waals surface area contributed by atoms with Crippen LogP contribution in [0.3, 0.4) is 0 Å². The third-order valence-corrected chi connectivity index (χ3v) is 3.48. The van der Waals surface area contributed by atoms with E-state index in [2.05, 4.69) is 0 Å². The third kappa shape index (κ3) is 2.93. The van der Waals surface area contributed by atoms with Gasteiger partial charge in [0.05, 0.1) is 12.7 Å². The molecule has 0 aromatic heterocycles. The molecule has 0 N–H and O–H groups in total. The van der Waals surface area contributed by atoms with Crippen molar-refractivity contribution in [1.82, 2.24) is 0 Å². The standard InChI is InChI=1S/C19H16O3/c1-13-6-8-15(9-7-13)18-12-16(19(20)22-18)10-14-4-3-5-17(11-14)21-2/h3-12H,1-2H3/b16-10+. The Labute approximate surface area is 129 Å². The van der Waals surface area contributed by atoms with Gasteiger partial charge in [-0.05, 0) is 36.8 Å². The number of aryl methyl sites for hydroxylation is 1. The Morgan fingerprint density at radius 3 is 2.59 bits per heavy atom. The average molecular weight is 292 g/mol. The summed E-state index contributed by atoms with van der Waals surface area (Å²) >= 11 is 0. The molecule has 0 radical (unpaired) electrons. The van der Waals surface area contributed by atoms with Crippen LogP contribution in [-0.2, 0) is 9.53 Å². The molecule has 0 unspecified atom stereocenters. The number of hydrogen-bond donors (Lipinski definition) is 0. The first-order valence-corrected chi connectivity index (χ1v) is 7.02. The smallest absolute Gasteiger partial charge is 0.343 e. The fourth-order valence-electron chi connectivity index (χ4n) is 2.26. The summed E-state index contributed by atoms with van der Waals surface area (Å²) in [6, 6.07) is 15.4. The number of rotatable bonds is 3. The molecular weight excluding hydrogens is 276 g/mol. The van der Waals surface area contributed by atoms with Gasteiger partial charge in [-0.1, -0.05) is 42.0 Å². The summed E-state index contributed by atoms with van der Waals surface area (Å²) in [4.78, 5) is 12.0. The minimum atomic E-state index is -0.335. The number of esters is 1. The van der Waals surface area contributed by atoms with Crippen LogP contribution >= 0.6 is 0 Å². The van der Waals surface area contributed by atoms with Crippen molar-refractivity contribution in [2.24, 2.45) is 0 Å². The molecular formula is C19H16O3. The van der Waals surface area contributed by atoms with Crippen molar-refractivity contribution in [3.63, 3.8) is 0 Å². The Kier molecular flexibility index (Phi) is 3.79. The van der Waals surface area contributed by atoms with Crippen molar-refractivity contribution >= 4 is 17.8 Å². The quantitative estimate of drug-likeness (QED) is 0.634. The van der Waals surface area contributed by atoms with Gasteiger partial charge < -0.3 is 9.47 Å². The van der Waals surface area contributed by atoms with E-state index in [4.69, 9.17) is 9.47 Å². The third-order valence-electron chi connectivity index (χ3n) is 3.48. The first kappa shape index (κ1) is 14.1. The van der Waals surface area contributed by atoms with Crippen LogP contribution in [0.1, 0.15) is 16.7 Å². The fraction of sp³-hybridized carbons (Fsp3) is 0.105. The van der Waals surface area contributed by atoms with Crippen LogP contribution in [0.4, 0.5) is 0 Å². The zero-order valence-electron chi connectivity index (χ0n) is 12.5. The van der Waals surface area contributed by atoms with Gasteiger partial charge in [0.25, 0.3) is 0 Å². The summed E-state index contributed by atoms with van der Waals surface area (Å²) in [5.74, 6) is 1.00. The number of hydrogen-bond acceptors (Lipinski definition) is 3. The van der Waals surface area contributed by atoms with E-state index in [1.54, 1.807) is 19.3 Å². The summed E-state index contributed by atoms with van der Waals surface area (Å²) in [6.07, 6.45) is 3.57. The maximum Gasteiger partial charge on any atom is 0.343 e. The van der Waals surface area contributed by atoms with E-state index in [-0.39, 0.29) is 5.97 Å². The number of carbonyl (C=O) groups excluding carboxylic acids is 1. The molecule has 3 heteroatoms.